The van der Waals surface area contributed by atoms with Crippen LogP contribution in [-0.4, -0.2) is 11.5 Å². The maximum atomic E-state index is 4.72. The van der Waals surface area contributed by atoms with E-state index in [2.05, 4.69) is 33.0 Å². The molecule has 0 aromatic carbocycles. The molecule has 0 bridgehead atoms. The van der Waals surface area contributed by atoms with Gasteiger partial charge in [0.1, 0.15) is 5.01 Å². The average molecular weight is 224 g/mol. The molecule has 1 aromatic rings. The molecule has 1 unspecified atom stereocenters. The van der Waals surface area contributed by atoms with E-state index in [1.54, 1.807) is 0 Å². The summed E-state index contributed by atoms with van der Waals surface area (Å²) in [4.78, 5) is 6.07. The monoisotopic (exact) mass is 224 g/mol. The highest BCUT2D eigenvalue weighted by molar-refractivity contribution is 7.11. The number of thiazole rings is 1. The molecule has 0 radical (unpaired) electrons. The van der Waals surface area contributed by atoms with Crippen molar-refractivity contribution in [1.82, 2.24) is 10.3 Å². The van der Waals surface area contributed by atoms with Crippen LogP contribution in [0.1, 0.15) is 42.3 Å². The summed E-state index contributed by atoms with van der Waals surface area (Å²) in [5.74, 6) is 0.794. The smallest absolute Gasteiger partial charge is 0.113 e. The van der Waals surface area contributed by atoms with E-state index in [-0.39, 0.29) is 5.54 Å². The first kappa shape index (κ1) is 11.1. The summed E-state index contributed by atoms with van der Waals surface area (Å²) in [6.45, 7) is 9.77. The fourth-order valence-electron chi connectivity index (χ4n) is 2.12. The van der Waals surface area contributed by atoms with Crippen LogP contribution in [0, 0.1) is 19.8 Å². The minimum absolute atomic E-state index is 0.123. The van der Waals surface area contributed by atoms with E-state index in [0.717, 1.165) is 12.5 Å². The largest absolute Gasteiger partial charge is 0.306 e. The molecule has 0 amide bonds. The van der Waals surface area contributed by atoms with E-state index in [1.807, 2.05) is 11.3 Å². The van der Waals surface area contributed by atoms with Gasteiger partial charge in [0.2, 0.25) is 0 Å². The molecule has 1 heterocycles. The lowest BCUT2D eigenvalue weighted by Gasteiger charge is -2.28. The van der Waals surface area contributed by atoms with Crippen LogP contribution in [-0.2, 0) is 5.54 Å². The molecule has 2 rings (SSSR count). The van der Waals surface area contributed by atoms with Gasteiger partial charge < -0.3 is 5.32 Å². The SMILES string of the molecule is CCNC(C)(c1nc(C)c(C)s1)C1CC1. The van der Waals surface area contributed by atoms with E-state index in [9.17, 15) is 0 Å². The third-order valence-electron chi connectivity index (χ3n) is 3.41. The van der Waals surface area contributed by atoms with Gasteiger partial charge in [0.25, 0.3) is 0 Å². The summed E-state index contributed by atoms with van der Waals surface area (Å²) >= 11 is 1.86. The van der Waals surface area contributed by atoms with Gasteiger partial charge in [0.15, 0.2) is 0 Å². The fourth-order valence-corrected chi connectivity index (χ4v) is 3.23. The Labute approximate surface area is 96.1 Å². The highest BCUT2D eigenvalue weighted by Gasteiger charge is 2.44. The Kier molecular flexibility index (Phi) is 2.86. The maximum Gasteiger partial charge on any atom is 0.113 e. The zero-order valence-corrected chi connectivity index (χ0v) is 10.9. The molecule has 1 N–H and O–H groups in total. The van der Waals surface area contributed by atoms with E-state index in [0.29, 0.717) is 0 Å². The van der Waals surface area contributed by atoms with Crippen LogP contribution < -0.4 is 5.32 Å². The molecule has 0 spiro atoms. The van der Waals surface area contributed by atoms with Crippen molar-refractivity contribution in [2.45, 2.75) is 46.1 Å². The number of hydrogen-bond acceptors (Lipinski definition) is 3. The lowest BCUT2D eigenvalue weighted by Crippen LogP contribution is -2.41. The second-order valence-corrected chi connectivity index (χ2v) is 5.87. The number of hydrogen-bond donors (Lipinski definition) is 1. The van der Waals surface area contributed by atoms with Gasteiger partial charge in [-0.1, -0.05) is 6.92 Å². The highest BCUT2D eigenvalue weighted by Crippen LogP contribution is 2.46. The first-order chi connectivity index (χ1) is 7.08. The molecule has 1 fully saturated rings. The number of rotatable bonds is 4. The predicted molar refractivity (Wildman–Crippen MR) is 65.3 cm³/mol. The quantitative estimate of drug-likeness (QED) is 0.850. The molecule has 84 valence electrons. The molecule has 2 nitrogen and oxygen atoms in total. The molecular formula is C12H20N2S. The molecular weight excluding hydrogens is 204 g/mol. The van der Waals surface area contributed by atoms with Gasteiger partial charge in [-0.3, -0.25) is 0 Å². The van der Waals surface area contributed by atoms with Crippen molar-refractivity contribution in [3.8, 4) is 0 Å². The van der Waals surface area contributed by atoms with Gasteiger partial charge in [-0.2, -0.15) is 0 Å². The topological polar surface area (TPSA) is 24.9 Å². The Morgan fingerprint density at radius 1 is 1.47 bits per heavy atom. The number of nitrogens with one attached hydrogen (secondary N) is 1. The summed E-state index contributed by atoms with van der Waals surface area (Å²) in [5, 5.41) is 4.91. The third kappa shape index (κ3) is 1.95. The van der Waals surface area contributed by atoms with Crippen LogP contribution in [0.3, 0.4) is 0 Å². The van der Waals surface area contributed by atoms with E-state index < -0.39 is 0 Å². The van der Waals surface area contributed by atoms with Gasteiger partial charge in [-0.25, -0.2) is 4.98 Å². The first-order valence-corrected chi connectivity index (χ1v) is 6.59. The van der Waals surface area contributed by atoms with Crippen molar-refractivity contribution in [2.24, 2.45) is 5.92 Å². The van der Waals surface area contributed by atoms with Crippen molar-refractivity contribution in [3.05, 3.63) is 15.6 Å². The van der Waals surface area contributed by atoms with Crippen LogP contribution in [0.15, 0.2) is 0 Å². The molecule has 1 saturated carbocycles. The lowest BCUT2D eigenvalue weighted by atomic mass is 9.96. The minimum Gasteiger partial charge on any atom is -0.306 e. The number of aryl methyl sites for hydroxylation is 2. The maximum absolute atomic E-state index is 4.72. The second-order valence-electron chi connectivity index (χ2n) is 4.67. The van der Waals surface area contributed by atoms with Crippen molar-refractivity contribution >= 4 is 11.3 Å². The molecule has 3 heteroatoms. The van der Waals surface area contributed by atoms with Crippen molar-refractivity contribution in [3.63, 3.8) is 0 Å². The Morgan fingerprint density at radius 2 is 2.13 bits per heavy atom. The molecule has 0 aliphatic heterocycles. The van der Waals surface area contributed by atoms with Crippen LogP contribution in [0.2, 0.25) is 0 Å². The molecule has 1 atom stereocenters. The minimum atomic E-state index is 0.123. The van der Waals surface area contributed by atoms with Gasteiger partial charge in [-0.05, 0) is 46.1 Å². The van der Waals surface area contributed by atoms with E-state index in [1.165, 1.54) is 28.4 Å². The summed E-state index contributed by atoms with van der Waals surface area (Å²) < 4.78 is 0. The standard InChI is InChI=1S/C12H20N2S/c1-5-13-12(4,10-6-7-10)11-14-8(2)9(3)15-11/h10,13H,5-7H2,1-4H3. The van der Waals surface area contributed by atoms with E-state index in [4.69, 9.17) is 4.98 Å². The fraction of sp³-hybridized carbons (Fsp3) is 0.750. The first-order valence-electron chi connectivity index (χ1n) is 5.77. The zero-order valence-electron chi connectivity index (χ0n) is 10.1. The Bertz CT molecular complexity index is 335. The molecule has 0 saturated heterocycles. The zero-order chi connectivity index (χ0) is 11.1. The van der Waals surface area contributed by atoms with Crippen LogP contribution in [0.25, 0.3) is 0 Å². The normalized spacial score (nSPS) is 20.3. The molecule has 1 aromatic heterocycles. The van der Waals surface area contributed by atoms with Crippen molar-refractivity contribution < 1.29 is 0 Å². The molecule has 1 aliphatic rings. The van der Waals surface area contributed by atoms with E-state index >= 15 is 0 Å². The average Bonchev–Trinajstić information content (AvgIpc) is 2.96. The van der Waals surface area contributed by atoms with Gasteiger partial charge >= 0.3 is 0 Å². The number of nitrogens with zero attached hydrogens (tertiary/aromatic N) is 1. The van der Waals surface area contributed by atoms with Crippen molar-refractivity contribution in [1.29, 1.82) is 0 Å². The van der Waals surface area contributed by atoms with Crippen LogP contribution >= 0.6 is 11.3 Å². The van der Waals surface area contributed by atoms with Gasteiger partial charge in [-0.15, -0.1) is 11.3 Å². The Hall–Kier alpha value is -0.410. The molecule has 15 heavy (non-hydrogen) atoms. The summed E-state index contributed by atoms with van der Waals surface area (Å²) in [7, 11) is 0. The predicted octanol–water partition coefficient (Wildman–Crippen LogP) is 2.99. The van der Waals surface area contributed by atoms with Gasteiger partial charge in [0.05, 0.1) is 11.2 Å². The number of aromatic nitrogens is 1. The van der Waals surface area contributed by atoms with Crippen LogP contribution in [0.4, 0.5) is 0 Å². The summed E-state index contributed by atoms with van der Waals surface area (Å²) in [5.41, 5.74) is 1.32. The summed E-state index contributed by atoms with van der Waals surface area (Å²) in [6, 6.07) is 0. The Morgan fingerprint density at radius 3 is 2.53 bits per heavy atom. The van der Waals surface area contributed by atoms with Crippen LogP contribution in [0.5, 0.6) is 0 Å². The Balaban J connectivity index is 2.31. The lowest BCUT2D eigenvalue weighted by molar-refractivity contribution is 0.324. The van der Waals surface area contributed by atoms with Gasteiger partial charge in [0, 0.05) is 4.88 Å². The highest BCUT2D eigenvalue weighted by atomic mass is 32.1. The third-order valence-corrected chi connectivity index (χ3v) is 4.72. The van der Waals surface area contributed by atoms with Crippen molar-refractivity contribution in [2.75, 3.05) is 6.54 Å². The summed E-state index contributed by atoms with van der Waals surface area (Å²) in [6.07, 6.45) is 2.70. The molecule has 1 aliphatic carbocycles. The second kappa shape index (κ2) is 3.87.